The number of nitrogens with one attached hydrogen (secondary N) is 2. The van der Waals surface area contributed by atoms with E-state index < -0.39 is 30.6 Å². The van der Waals surface area contributed by atoms with Crippen molar-refractivity contribution < 1.29 is 29.0 Å². The zero-order chi connectivity index (χ0) is 24.8. The van der Waals surface area contributed by atoms with Crippen molar-refractivity contribution in [2.24, 2.45) is 0 Å². The van der Waals surface area contributed by atoms with Crippen LogP contribution in [0.4, 0.5) is 10.5 Å². The van der Waals surface area contributed by atoms with Gasteiger partial charge in [-0.2, -0.15) is 0 Å². The van der Waals surface area contributed by atoms with Crippen LogP contribution < -0.4 is 15.4 Å². The monoisotopic (exact) mass is 474 g/mol. The number of hydrogen-bond donors (Lipinski definition) is 3. The number of alkyl carbamates (subject to hydrolysis) is 1. The fourth-order valence-corrected chi connectivity index (χ4v) is 4.19. The van der Waals surface area contributed by atoms with Gasteiger partial charge in [0.2, 0.25) is 5.91 Å². The number of ether oxygens (including phenoxy) is 2. The number of carbonyl (C=O) groups is 3. The Kier molecular flexibility index (Phi) is 7.30. The molecule has 0 aromatic heterocycles. The maximum absolute atomic E-state index is 12.8. The summed E-state index contributed by atoms with van der Waals surface area (Å²) in [6.45, 7) is 1.37. The molecule has 0 fully saturated rings. The number of hydrogen-bond acceptors (Lipinski definition) is 5. The van der Waals surface area contributed by atoms with Crippen LogP contribution in [-0.2, 0) is 14.3 Å². The van der Waals surface area contributed by atoms with E-state index in [-0.39, 0.29) is 18.3 Å². The first-order chi connectivity index (χ1) is 17.0. The molecule has 2 amide bonds. The lowest BCUT2D eigenvalue weighted by Gasteiger charge is -2.19. The van der Waals surface area contributed by atoms with Crippen molar-refractivity contribution in [3.63, 3.8) is 0 Å². The van der Waals surface area contributed by atoms with Crippen LogP contribution in [0.15, 0.2) is 72.8 Å². The molecule has 3 aromatic rings. The normalized spacial score (nSPS) is 12.7. The molecule has 0 aliphatic heterocycles. The number of amides is 2. The Bertz CT molecular complexity index is 1200. The molecular weight excluding hydrogens is 448 g/mol. The molecule has 1 atom stereocenters. The summed E-state index contributed by atoms with van der Waals surface area (Å²) < 4.78 is 10.8. The molecule has 8 nitrogen and oxygen atoms in total. The number of carbonyl (C=O) groups excluding carboxylic acids is 2. The highest BCUT2D eigenvalue weighted by molar-refractivity contribution is 5.97. The molecule has 3 aromatic carbocycles. The topological polar surface area (TPSA) is 114 Å². The fraction of sp³-hybridized carbons (Fsp3) is 0.222. The van der Waals surface area contributed by atoms with E-state index in [2.05, 4.69) is 22.8 Å². The van der Waals surface area contributed by atoms with Gasteiger partial charge in [0.25, 0.3) is 0 Å². The van der Waals surface area contributed by atoms with Crippen molar-refractivity contribution in [3.8, 4) is 16.9 Å². The standard InChI is InChI=1S/C27H26N2O6/c1-2-22(26(32)28-23-13-7-8-14-24(23)34-16-25(30)31)29-27(33)35-15-21-19-11-5-3-9-17(19)18-10-4-6-12-20(18)21/h3-14,21-22H,2,15-16H2,1H3,(H,28,32)(H,29,33)(H,30,31)/t22-/m1/s1. The number of anilines is 1. The van der Waals surface area contributed by atoms with Gasteiger partial charge >= 0.3 is 12.1 Å². The Morgan fingerprint density at radius 2 is 1.51 bits per heavy atom. The number of fused-ring (bicyclic) bond motifs is 3. The summed E-state index contributed by atoms with van der Waals surface area (Å²) in [7, 11) is 0. The van der Waals surface area contributed by atoms with Crippen molar-refractivity contribution in [3.05, 3.63) is 83.9 Å². The summed E-state index contributed by atoms with van der Waals surface area (Å²) in [5.74, 6) is -1.46. The van der Waals surface area contributed by atoms with Gasteiger partial charge in [-0.15, -0.1) is 0 Å². The Hall–Kier alpha value is -4.33. The summed E-state index contributed by atoms with van der Waals surface area (Å²) in [6.07, 6.45) is -0.363. The number of para-hydroxylation sites is 2. The average Bonchev–Trinajstić information content (AvgIpc) is 3.19. The SMILES string of the molecule is CC[C@@H](NC(=O)OCC1c2ccccc2-c2ccccc21)C(=O)Nc1ccccc1OCC(=O)O. The Balaban J connectivity index is 1.38. The quantitative estimate of drug-likeness (QED) is 0.423. The highest BCUT2D eigenvalue weighted by Crippen LogP contribution is 2.44. The molecule has 180 valence electrons. The molecule has 0 saturated heterocycles. The minimum atomic E-state index is -1.13. The molecule has 0 radical (unpaired) electrons. The molecule has 4 rings (SSSR count). The summed E-state index contributed by atoms with van der Waals surface area (Å²) >= 11 is 0. The van der Waals surface area contributed by atoms with Crippen LogP contribution in [0.1, 0.15) is 30.4 Å². The molecule has 0 heterocycles. The lowest BCUT2D eigenvalue weighted by atomic mass is 9.98. The van der Waals surface area contributed by atoms with Gasteiger partial charge in [0.15, 0.2) is 6.61 Å². The molecule has 3 N–H and O–H groups in total. The Morgan fingerprint density at radius 3 is 2.14 bits per heavy atom. The maximum Gasteiger partial charge on any atom is 0.407 e. The van der Waals surface area contributed by atoms with Crippen molar-refractivity contribution in [2.75, 3.05) is 18.5 Å². The predicted molar refractivity (Wildman–Crippen MR) is 130 cm³/mol. The molecule has 1 aliphatic rings. The third kappa shape index (κ3) is 5.43. The number of aliphatic carboxylic acids is 1. The van der Waals surface area contributed by atoms with E-state index in [1.54, 1.807) is 31.2 Å². The maximum atomic E-state index is 12.8. The van der Waals surface area contributed by atoms with Crippen LogP contribution >= 0.6 is 0 Å². The first-order valence-electron chi connectivity index (χ1n) is 11.3. The zero-order valence-corrected chi connectivity index (χ0v) is 19.2. The van der Waals surface area contributed by atoms with E-state index in [1.165, 1.54) is 0 Å². The van der Waals surface area contributed by atoms with E-state index in [9.17, 15) is 14.4 Å². The minimum absolute atomic E-state index is 0.0830. The molecule has 35 heavy (non-hydrogen) atoms. The van der Waals surface area contributed by atoms with Crippen LogP contribution in [0, 0.1) is 0 Å². The molecule has 0 spiro atoms. The average molecular weight is 475 g/mol. The Morgan fingerprint density at radius 1 is 0.914 bits per heavy atom. The molecular formula is C27H26N2O6. The van der Waals surface area contributed by atoms with Crippen LogP contribution in [-0.4, -0.2) is 42.3 Å². The number of carboxylic acids is 1. The molecule has 8 heteroatoms. The second-order valence-electron chi connectivity index (χ2n) is 8.10. The van der Waals surface area contributed by atoms with Gasteiger partial charge in [-0.05, 0) is 40.8 Å². The third-order valence-electron chi connectivity index (χ3n) is 5.86. The van der Waals surface area contributed by atoms with Crippen LogP contribution in [0.5, 0.6) is 5.75 Å². The fourth-order valence-electron chi connectivity index (χ4n) is 4.19. The van der Waals surface area contributed by atoms with Gasteiger partial charge in [-0.25, -0.2) is 9.59 Å². The number of rotatable bonds is 9. The molecule has 0 bridgehead atoms. The predicted octanol–water partition coefficient (Wildman–Crippen LogP) is 4.41. The molecule has 0 saturated carbocycles. The van der Waals surface area contributed by atoms with E-state index >= 15 is 0 Å². The highest BCUT2D eigenvalue weighted by Gasteiger charge is 2.29. The lowest BCUT2D eigenvalue weighted by molar-refractivity contribution is -0.139. The van der Waals surface area contributed by atoms with Crippen molar-refractivity contribution in [2.45, 2.75) is 25.3 Å². The van der Waals surface area contributed by atoms with Crippen molar-refractivity contribution in [1.29, 1.82) is 0 Å². The first kappa shape index (κ1) is 23.8. The largest absolute Gasteiger partial charge is 0.480 e. The molecule has 1 aliphatic carbocycles. The van der Waals surface area contributed by atoms with E-state index in [1.807, 2.05) is 36.4 Å². The van der Waals surface area contributed by atoms with E-state index in [0.29, 0.717) is 12.1 Å². The van der Waals surface area contributed by atoms with Crippen LogP contribution in [0.25, 0.3) is 11.1 Å². The van der Waals surface area contributed by atoms with Gasteiger partial charge in [0.05, 0.1) is 5.69 Å². The van der Waals surface area contributed by atoms with Gasteiger partial charge in [0, 0.05) is 5.92 Å². The summed E-state index contributed by atoms with van der Waals surface area (Å²) in [5, 5.41) is 14.1. The van der Waals surface area contributed by atoms with Gasteiger partial charge in [-0.1, -0.05) is 67.6 Å². The number of carboxylic acid groups (broad SMARTS) is 1. The van der Waals surface area contributed by atoms with E-state index in [0.717, 1.165) is 22.3 Å². The van der Waals surface area contributed by atoms with Gasteiger partial charge in [0.1, 0.15) is 18.4 Å². The van der Waals surface area contributed by atoms with Crippen LogP contribution in [0.2, 0.25) is 0 Å². The second-order valence-corrected chi connectivity index (χ2v) is 8.10. The van der Waals surface area contributed by atoms with Gasteiger partial charge in [-0.3, -0.25) is 4.79 Å². The summed E-state index contributed by atoms with van der Waals surface area (Å²) in [4.78, 5) is 36.2. The minimum Gasteiger partial charge on any atom is -0.480 e. The van der Waals surface area contributed by atoms with Crippen molar-refractivity contribution in [1.82, 2.24) is 5.32 Å². The summed E-state index contributed by atoms with van der Waals surface area (Å²) in [6, 6.07) is 21.7. The zero-order valence-electron chi connectivity index (χ0n) is 19.2. The third-order valence-corrected chi connectivity index (χ3v) is 5.86. The van der Waals surface area contributed by atoms with Crippen LogP contribution in [0.3, 0.4) is 0 Å². The van der Waals surface area contributed by atoms with Gasteiger partial charge < -0.3 is 25.2 Å². The number of benzene rings is 3. The van der Waals surface area contributed by atoms with E-state index in [4.69, 9.17) is 14.6 Å². The summed E-state index contributed by atoms with van der Waals surface area (Å²) in [5.41, 5.74) is 4.78. The highest BCUT2D eigenvalue weighted by atomic mass is 16.5. The molecule has 0 unspecified atom stereocenters. The second kappa shape index (κ2) is 10.7. The lowest BCUT2D eigenvalue weighted by Crippen LogP contribution is -2.43. The first-order valence-corrected chi connectivity index (χ1v) is 11.3. The Labute approximate surface area is 202 Å². The smallest absolute Gasteiger partial charge is 0.407 e. The van der Waals surface area contributed by atoms with Crippen molar-refractivity contribution >= 4 is 23.7 Å².